The van der Waals surface area contributed by atoms with E-state index in [1.807, 2.05) is 0 Å². The number of aromatic amines is 1. The maximum Gasteiger partial charge on any atom is 0.311 e. The van der Waals surface area contributed by atoms with E-state index < -0.39 is 0 Å². The number of carbonyl (C=O) groups excluding carboxylic acids is 1. The number of rotatable bonds is 2. The fourth-order valence-electron chi connectivity index (χ4n) is 11.5. The maximum absolute atomic E-state index is 13.1. The van der Waals surface area contributed by atoms with Gasteiger partial charge in [-0.1, -0.05) is 27.2 Å². The molecule has 1 spiro atoms. The minimum absolute atomic E-state index is 0.0194. The first-order valence-electron chi connectivity index (χ1n) is 13.5. The Balaban J connectivity index is 1.40. The van der Waals surface area contributed by atoms with Crippen molar-refractivity contribution in [2.45, 2.75) is 96.7 Å². The average Bonchev–Trinajstić information content (AvgIpc) is 3.36. The number of fused-ring (bicyclic) bond motifs is 2. The van der Waals surface area contributed by atoms with Crippen molar-refractivity contribution in [3.8, 4) is 0 Å². The lowest BCUT2D eigenvalue weighted by molar-refractivity contribution is -0.243. The van der Waals surface area contributed by atoms with Crippen molar-refractivity contribution in [3.63, 3.8) is 0 Å². The highest BCUT2D eigenvalue weighted by molar-refractivity contribution is 5.77. The zero-order valence-corrected chi connectivity index (χ0v) is 20.9. The van der Waals surface area contributed by atoms with Gasteiger partial charge in [0.1, 0.15) is 0 Å². The fourth-order valence-corrected chi connectivity index (χ4v) is 11.5. The zero-order chi connectivity index (χ0) is 23.0. The van der Waals surface area contributed by atoms with E-state index in [9.17, 15) is 4.79 Å². The van der Waals surface area contributed by atoms with Gasteiger partial charge in [0, 0.05) is 18.0 Å². The highest BCUT2D eigenvalue weighted by atomic mass is 16.5. The van der Waals surface area contributed by atoms with Crippen LogP contribution in [0, 0.1) is 45.8 Å². The number of nitrogens with one attached hydrogen (secondary N) is 1. The smallest absolute Gasteiger partial charge is 0.311 e. The Morgan fingerprint density at radius 1 is 1.24 bits per heavy atom. The zero-order valence-electron chi connectivity index (χ0n) is 20.9. The van der Waals surface area contributed by atoms with E-state index in [4.69, 9.17) is 9.47 Å². The molecular weight excluding hydrogens is 412 g/mol. The van der Waals surface area contributed by atoms with Crippen molar-refractivity contribution in [1.82, 2.24) is 10.2 Å². The summed E-state index contributed by atoms with van der Waals surface area (Å²) >= 11 is 0. The second-order valence-electron chi connectivity index (χ2n) is 13.5. The van der Waals surface area contributed by atoms with Gasteiger partial charge in [-0.25, -0.2) is 0 Å². The van der Waals surface area contributed by atoms with Crippen molar-refractivity contribution in [2.75, 3.05) is 7.11 Å². The van der Waals surface area contributed by atoms with Gasteiger partial charge in [0.05, 0.1) is 30.4 Å². The molecule has 5 saturated carbocycles. The summed E-state index contributed by atoms with van der Waals surface area (Å²) in [7, 11) is 1.58. The van der Waals surface area contributed by atoms with Crippen LogP contribution in [-0.2, 0) is 20.7 Å². The normalized spacial score (nSPS) is 53.4. The first-order valence-corrected chi connectivity index (χ1v) is 13.5. The van der Waals surface area contributed by atoms with Crippen molar-refractivity contribution < 1.29 is 14.3 Å². The molecule has 0 aromatic carbocycles. The van der Waals surface area contributed by atoms with Gasteiger partial charge in [-0.3, -0.25) is 9.89 Å². The summed E-state index contributed by atoms with van der Waals surface area (Å²) in [6.07, 6.45) is 11.6. The third-order valence-electron chi connectivity index (χ3n) is 12.5. The number of carbonyl (C=O) groups is 1. The second-order valence-corrected chi connectivity index (χ2v) is 13.5. The Bertz CT molecular complexity index is 1020. The number of aromatic nitrogens is 2. The Morgan fingerprint density at radius 2 is 2.06 bits per heavy atom. The summed E-state index contributed by atoms with van der Waals surface area (Å²) in [6, 6.07) is 0. The van der Waals surface area contributed by atoms with Crippen LogP contribution >= 0.6 is 0 Å². The van der Waals surface area contributed by atoms with Crippen LogP contribution in [-0.4, -0.2) is 35.0 Å². The van der Waals surface area contributed by atoms with Crippen molar-refractivity contribution in [3.05, 3.63) is 17.5 Å². The predicted molar refractivity (Wildman–Crippen MR) is 124 cm³/mol. The number of nitrogens with zero attached hydrogens (tertiary/aromatic N) is 1. The Kier molecular flexibility index (Phi) is 3.97. The van der Waals surface area contributed by atoms with E-state index in [-0.39, 0.29) is 27.8 Å². The van der Waals surface area contributed by atoms with E-state index in [0.29, 0.717) is 41.6 Å². The number of H-pyrrole nitrogens is 1. The van der Waals surface area contributed by atoms with Gasteiger partial charge in [0.15, 0.2) is 0 Å². The topological polar surface area (TPSA) is 64.2 Å². The average molecular weight is 453 g/mol. The van der Waals surface area contributed by atoms with Crippen LogP contribution in [0.15, 0.2) is 6.20 Å². The predicted octanol–water partition coefficient (Wildman–Crippen LogP) is 5.26. The summed E-state index contributed by atoms with van der Waals surface area (Å²) in [5.74, 6) is 3.40. The van der Waals surface area contributed by atoms with Crippen molar-refractivity contribution in [1.29, 1.82) is 0 Å². The molecule has 2 heterocycles. The van der Waals surface area contributed by atoms with Crippen LogP contribution in [0.1, 0.15) is 89.8 Å². The standard InChI is InChI=1S/C28H40N2O3/c1-15(2)28-14-27-10-7-19-25(3,8-6-9-26(19,4)24(31)32-5)20(27)12-17(28)21-18(33-28)11-16-13-29-30-23(16)22(21)27/h13,15,17-22H,6-12,14H2,1-5H3,(H,29,30)/t17-,18+,19-,20-,21+,22+,25+,26-,27+,28?/m1/s1. The number of esters is 1. The molecule has 5 heteroatoms. The van der Waals surface area contributed by atoms with Crippen LogP contribution in [0.4, 0.5) is 0 Å². The number of hydrogen-bond acceptors (Lipinski definition) is 4. The van der Waals surface area contributed by atoms with E-state index in [1.54, 1.807) is 7.11 Å². The lowest BCUT2D eigenvalue weighted by Crippen LogP contribution is -2.69. The van der Waals surface area contributed by atoms with E-state index >= 15 is 0 Å². The minimum Gasteiger partial charge on any atom is -0.469 e. The van der Waals surface area contributed by atoms with Crippen molar-refractivity contribution in [2.24, 2.45) is 45.8 Å². The van der Waals surface area contributed by atoms with Crippen LogP contribution in [0.2, 0.25) is 0 Å². The van der Waals surface area contributed by atoms with Gasteiger partial charge in [-0.05, 0) is 91.4 Å². The van der Waals surface area contributed by atoms with Gasteiger partial charge >= 0.3 is 5.97 Å². The molecule has 5 nitrogen and oxygen atoms in total. The SMILES string of the molecule is COC(=O)[C@]1(C)CCC[C@]2(C)[C@H]3C[C@@H]4[C@H]5[C@@H]6Cc7cn[nH]c7[C@H]5[C@@]3(CC[C@H]21)CC4(C(C)C)O6. The molecule has 33 heavy (non-hydrogen) atoms. The quantitative estimate of drug-likeness (QED) is 0.621. The Hall–Kier alpha value is -1.36. The lowest BCUT2D eigenvalue weighted by atomic mass is 9.31. The minimum atomic E-state index is -0.348. The molecule has 1 aromatic rings. The summed E-state index contributed by atoms with van der Waals surface area (Å²) in [5, 5.41) is 8.03. The molecule has 1 saturated heterocycles. The molecular formula is C28H40N2O3. The van der Waals surface area contributed by atoms with E-state index in [2.05, 4.69) is 44.1 Å². The van der Waals surface area contributed by atoms with E-state index in [0.717, 1.165) is 25.7 Å². The number of hydrogen-bond donors (Lipinski definition) is 1. The number of ether oxygens (including phenoxy) is 2. The highest BCUT2D eigenvalue weighted by Gasteiger charge is 2.78. The molecule has 0 amide bonds. The fraction of sp³-hybridized carbons (Fsp3) is 0.857. The first kappa shape index (κ1) is 21.0. The monoisotopic (exact) mass is 452 g/mol. The van der Waals surface area contributed by atoms with Crippen molar-refractivity contribution >= 4 is 5.97 Å². The Labute approximate surface area is 197 Å². The van der Waals surface area contributed by atoms with Crippen LogP contribution in [0.25, 0.3) is 0 Å². The molecule has 1 aromatic heterocycles. The summed E-state index contributed by atoms with van der Waals surface area (Å²) in [4.78, 5) is 13.1. The van der Waals surface area contributed by atoms with Gasteiger partial charge in [0.2, 0.25) is 0 Å². The first-order chi connectivity index (χ1) is 15.7. The highest BCUT2D eigenvalue weighted by Crippen LogP contribution is 2.81. The van der Waals surface area contributed by atoms with Gasteiger partial charge in [0.25, 0.3) is 0 Å². The third-order valence-corrected chi connectivity index (χ3v) is 12.5. The van der Waals surface area contributed by atoms with Gasteiger partial charge in [-0.15, -0.1) is 0 Å². The Morgan fingerprint density at radius 3 is 2.82 bits per heavy atom. The summed E-state index contributed by atoms with van der Waals surface area (Å²) in [5.41, 5.74) is 2.95. The van der Waals surface area contributed by atoms with Gasteiger partial charge in [-0.2, -0.15) is 5.10 Å². The van der Waals surface area contributed by atoms with Crippen LogP contribution < -0.4 is 0 Å². The largest absolute Gasteiger partial charge is 0.469 e. The van der Waals surface area contributed by atoms with Gasteiger partial charge < -0.3 is 9.47 Å². The van der Waals surface area contributed by atoms with Crippen LogP contribution in [0.3, 0.4) is 0 Å². The molecule has 7 aliphatic rings. The molecule has 10 atom stereocenters. The maximum atomic E-state index is 13.1. The van der Waals surface area contributed by atoms with Crippen LogP contribution in [0.5, 0.6) is 0 Å². The molecule has 6 aliphatic carbocycles. The summed E-state index contributed by atoms with van der Waals surface area (Å²) in [6.45, 7) is 9.58. The molecule has 6 fully saturated rings. The number of methoxy groups -OCH3 is 1. The third kappa shape index (κ3) is 2.17. The second kappa shape index (κ2) is 6.25. The summed E-state index contributed by atoms with van der Waals surface area (Å²) < 4.78 is 12.6. The molecule has 1 N–H and O–H groups in total. The lowest BCUT2D eigenvalue weighted by Gasteiger charge is -2.72. The molecule has 1 aliphatic heterocycles. The molecule has 8 rings (SSSR count). The molecule has 180 valence electrons. The molecule has 0 radical (unpaired) electrons. The molecule has 1 unspecified atom stereocenters. The molecule has 4 bridgehead atoms. The van der Waals surface area contributed by atoms with E-state index in [1.165, 1.54) is 36.9 Å².